The van der Waals surface area contributed by atoms with E-state index in [-0.39, 0.29) is 23.4 Å². The standard InChI is InChI=1S/C18H21N3O2/c1-13(19-7-2-3-8-19)18(23)20-10-14-9-15(12-20)16-5-4-6-17(22)21(16)11-14/h2-8,13-15H,9-12H2,1H3. The fourth-order valence-electron chi connectivity index (χ4n) is 4.07. The van der Waals surface area contributed by atoms with E-state index in [0.29, 0.717) is 12.5 Å². The van der Waals surface area contributed by atoms with E-state index in [2.05, 4.69) is 0 Å². The molecular weight excluding hydrogens is 290 g/mol. The SMILES string of the molecule is CC(C(=O)N1CC2CC(C1)c1cccc(=O)n1C2)n1cccc1. The zero-order valence-corrected chi connectivity index (χ0v) is 13.3. The van der Waals surface area contributed by atoms with Crippen LogP contribution in [-0.2, 0) is 11.3 Å². The normalized spacial score (nSPS) is 24.1. The van der Waals surface area contributed by atoms with Gasteiger partial charge in [-0.2, -0.15) is 0 Å². The third-order valence-electron chi connectivity index (χ3n) is 5.22. The molecule has 2 bridgehead atoms. The van der Waals surface area contributed by atoms with E-state index in [4.69, 9.17) is 0 Å². The Morgan fingerprint density at radius 2 is 1.91 bits per heavy atom. The first kappa shape index (κ1) is 14.3. The lowest BCUT2D eigenvalue weighted by atomic mass is 9.83. The highest BCUT2D eigenvalue weighted by Crippen LogP contribution is 2.35. The third kappa shape index (κ3) is 2.40. The van der Waals surface area contributed by atoms with Crippen molar-refractivity contribution in [3.63, 3.8) is 0 Å². The van der Waals surface area contributed by atoms with Crippen LogP contribution in [0.1, 0.15) is 31.0 Å². The molecule has 1 fully saturated rings. The molecule has 0 N–H and O–H groups in total. The number of hydrogen-bond acceptors (Lipinski definition) is 2. The van der Waals surface area contributed by atoms with Crippen molar-refractivity contribution in [3.8, 4) is 0 Å². The summed E-state index contributed by atoms with van der Waals surface area (Å²) in [5.74, 6) is 0.821. The number of pyridine rings is 1. The monoisotopic (exact) mass is 311 g/mol. The van der Waals surface area contributed by atoms with Gasteiger partial charge in [-0.05, 0) is 37.5 Å². The van der Waals surface area contributed by atoms with E-state index in [1.54, 1.807) is 6.07 Å². The molecule has 2 aliphatic heterocycles. The molecule has 0 saturated carbocycles. The summed E-state index contributed by atoms with van der Waals surface area (Å²) in [6.07, 6.45) is 4.94. The summed E-state index contributed by atoms with van der Waals surface area (Å²) in [5, 5.41) is 0. The van der Waals surface area contributed by atoms with Crippen molar-refractivity contribution in [2.45, 2.75) is 31.8 Å². The van der Waals surface area contributed by atoms with Crippen LogP contribution in [0.3, 0.4) is 0 Å². The molecule has 4 rings (SSSR count). The maximum Gasteiger partial charge on any atom is 0.250 e. The molecule has 2 aromatic heterocycles. The highest BCUT2D eigenvalue weighted by Gasteiger charge is 2.37. The Kier molecular flexibility index (Phi) is 3.36. The molecule has 3 atom stereocenters. The zero-order chi connectivity index (χ0) is 16.0. The number of carbonyl (C=O) groups is 1. The molecule has 0 spiro atoms. The number of carbonyl (C=O) groups excluding carboxylic acids is 1. The Bertz CT molecular complexity index is 778. The average Bonchev–Trinajstić information content (AvgIpc) is 3.09. The van der Waals surface area contributed by atoms with Crippen molar-refractivity contribution in [3.05, 3.63) is 58.8 Å². The molecule has 23 heavy (non-hydrogen) atoms. The minimum absolute atomic E-state index is 0.0812. The predicted octanol–water partition coefficient (Wildman–Crippen LogP) is 1.86. The van der Waals surface area contributed by atoms with Gasteiger partial charge in [0.1, 0.15) is 6.04 Å². The van der Waals surface area contributed by atoms with Crippen molar-refractivity contribution >= 4 is 5.91 Å². The first-order valence-electron chi connectivity index (χ1n) is 8.24. The molecule has 3 unspecified atom stereocenters. The smallest absolute Gasteiger partial charge is 0.250 e. The van der Waals surface area contributed by atoms with E-state index < -0.39 is 0 Å². The number of aromatic nitrogens is 2. The van der Waals surface area contributed by atoms with Gasteiger partial charge in [-0.3, -0.25) is 9.59 Å². The maximum atomic E-state index is 12.8. The second kappa shape index (κ2) is 5.41. The quantitative estimate of drug-likeness (QED) is 0.850. The second-order valence-corrected chi connectivity index (χ2v) is 6.75. The van der Waals surface area contributed by atoms with Crippen molar-refractivity contribution < 1.29 is 4.79 Å². The van der Waals surface area contributed by atoms with Gasteiger partial charge in [0, 0.05) is 49.7 Å². The highest BCUT2D eigenvalue weighted by molar-refractivity contribution is 5.80. The van der Waals surface area contributed by atoms with E-state index >= 15 is 0 Å². The van der Waals surface area contributed by atoms with Crippen molar-refractivity contribution in [1.29, 1.82) is 0 Å². The Hall–Kier alpha value is -2.30. The van der Waals surface area contributed by atoms with Crippen molar-refractivity contribution in [2.75, 3.05) is 13.1 Å². The molecule has 5 heteroatoms. The first-order valence-corrected chi connectivity index (χ1v) is 8.24. The minimum atomic E-state index is -0.179. The van der Waals surface area contributed by atoms with Crippen LogP contribution in [0.2, 0.25) is 0 Å². The van der Waals surface area contributed by atoms with Crippen LogP contribution in [0.5, 0.6) is 0 Å². The van der Waals surface area contributed by atoms with E-state index in [1.807, 2.05) is 57.6 Å². The number of piperidine rings is 1. The molecule has 5 nitrogen and oxygen atoms in total. The molecular formula is C18H21N3O2. The summed E-state index contributed by atoms with van der Waals surface area (Å²) in [6, 6.07) is 9.20. The number of hydrogen-bond donors (Lipinski definition) is 0. The number of rotatable bonds is 2. The summed E-state index contributed by atoms with van der Waals surface area (Å²) < 4.78 is 3.85. The van der Waals surface area contributed by atoms with Crippen molar-refractivity contribution in [1.82, 2.24) is 14.0 Å². The molecule has 0 aromatic carbocycles. The number of likely N-dealkylation sites (tertiary alicyclic amines) is 1. The number of amides is 1. The molecule has 4 heterocycles. The van der Waals surface area contributed by atoms with Gasteiger partial charge in [0.2, 0.25) is 5.91 Å². The Balaban J connectivity index is 1.59. The summed E-state index contributed by atoms with van der Waals surface area (Å²) >= 11 is 0. The van der Waals surface area contributed by atoms with Gasteiger partial charge >= 0.3 is 0 Å². The first-order chi connectivity index (χ1) is 11.1. The number of fused-ring (bicyclic) bond motifs is 4. The second-order valence-electron chi connectivity index (χ2n) is 6.75. The Morgan fingerprint density at radius 3 is 2.70 bits per heavy atom. The van der Waals surface area contributed by atoms with Gasteiger partial charge in [0.15, 0.2) is 0 Å². The minimum Gasteiger partial charge on any atom is -0.342 e. The van der Waals surface area contributed by atoms with E-state index in [1.165, 1.54) is 0 Å². The number of nitrogens with zero attached hydrogens (tertiary/aromatic N) is 3. The van der Waals surface area contributed by atoms with Gasteiger partial charge in [0.05, 0.1) is 0 Å². The fraction of sp³-hybridized carbons (Fsp3) is 0.444. The third-order valence-corrected chi connectivity index (χ3v) is 5.22. The molecule has 2 aromatic rings. The van der Waals surface area contributed by atoms with Gasteiger partial charge in [0.25, 0.3) is 5.56 Å². The molecule has 0 radical (unpaired) electrons. The molecule has 120 valence electrons. The van der Waals surface area contributed by atoms with Gasteiger partial charge < -0.3 is 14.0 Å². The molecule has 2 aliphatic rings. The van der Waals surface area contributed by atoms with Crippen LogP contribution in [0.25, 0.3) is 0 Å². The van der Waals surface area contributed by atoms with Crippen molar-refractivity contribution in [2.24, 2.45) is 5.92 Å². The van der Waals surface area contributed by atoms with Crippen LogP contribution in [0.15, 0.2) is 47.5 Å². The van der Waals surface area contributed by atoms with Crippen LogP contribution in [0, 0.1) is 5.92 Å². The van der Waals surface area contributed by atoms with Crippen LogP contribution in [0.4, 0.5) is 0 Å². The topological polar surface area (TPSA) is 47.2 Å². The van der Waals surface area contributed by atoms with Crippen LogP contribution >= 0.6 is 0 Å². The molecule has 1 saturated heterocycles. The lowest BCUT2D eigenvalue weighted by molar-refractivity contribution is -0.137. The lowest BCUT2D eigenvalue weighted by Gasteiger charge is -2.43. The summed E-state index contributed by atoms with van der Waals surface area (Å²) in [5.41, 5.74) is 1.16. The van der Waals surface area contributed by atoms with E-state index in [9.17, 15) is 9.59 Å². The lowest BCUT2D eigenvalue weighted by Crippen LogP contribution is -2.50. The summed E-state index contributed by atoms with van der Waals surface area (Å²) in [4.78, 5) is 26.9. The highest BCUT2D eigenvalue weighted by atomic mass is 16.2. The summed E-state index contributed by atoms with van der Waals surface area (Å²) in [6.45, 7) is 4.14. The average molecular weight is 311 g/mol. The van der Waals surface area contributed by atoms with Crippen LogP contribution < -0.4 is 5.56 Å². The molecule has 1 amide bonds. The Morgan fingerprint density at radius 1 is 1.13 bits per heavy atom. The van der Waals surface area contributed by atoms with E-state index in [0.717, 1.165) is 25.2 Å². The molecule has 0 aliphatic carbocycles. The van der Waals surface area contributed by atoms with Gasteiger partial charge in [-0.25, -0.2) is 0 Å². The largest absolute Gasteiger partial charge is 0.342 e. The van der Waals surface area contributed by atoms with Crippen LogP contribution in [-0.4, -0.2) is 33.0 Å². The Labute approximate surface area is 135 Å². The zero-order valence-electron chi connectivity index (χ0n) is 13.3. The van der Waals surface area contributed by atoms with Gasteiger partial charge in [-0.15, -0.1) is 0 Å². The fourth-order valence-corrected chi connectivity index (χ4v) is 4.07. The van der Waals surface area contributed by atoms with Gasteiger partial charge in [-0.1, -0.05) is 6.07 Å². The maximum absolute atomic E-state index is 12.8. The predicted molar refractivity (Wildman–Crippen MR) is 87.3 cm³/mol. The summed E-state index contributed by atoms with van der Waals surface area (Å²) in [7, 11) is 0.